The summed E-state index contributed by atoms with van der Waals surface area (Å²) in [6.45, 7) is 4.96. The summed E-state index contributed by atoms with van der Waals surface area (Å²) in [5.74, 6) is -2.12. The van der Waals surface area contributed by atoms with E-state index in [-0.39, 0.29) is 25.7 Å². The molecule has 0 saturated heterocycles. The van der Waals surface area contributed by atoms with Gasteiger partial charge in [0, 0.05) is 25.7 Å². The van der Waals surface area contributed by atoms with Gasteiger partial charge in [0.2, 0.25) is 0 Å². The summed E-state index contributed by atoms with van der Waals surface area (Å²) in [6.07, 6.45) is 55.3. The Kier molecular flexibility index (Phi) is 65.2. The van der Waals surface area contributed by atoms with E-state index >= 15 is 0 Å². The van der Waals surface area contributed by atoms with Gasteiger partial charge in [-0.15, -0.1) is 0 Å². The molecule has 0 aromatic heterocycles. The van der Waals surface area contributed by atoms with Gasteiger partial charge >= 0.3 is 39.5 Å². The fourth-order valence-electron chi connectivity index (χ4n) is 11.0. The molecule has 0 radical (unpaired) electrons. The second kappa shape index (κ2) is 66.7. The average Bonchev–Trinajstić information content (AvgIpc) is 3.55. The summed E-state index contributed by atoms with van der Waals surface area (Å²) >= 11 is 0. The van der Waals surface area contributed by atoms with Crippen molar-refractivity contribution in [2.75, 3.05) is 39.6 Å². The molecule has 19 heteroatoms. The van der Waals surface area contributed by atoms with E-state index in [0.29, 0.717) is 25.7 Å². The lowest BCUT2D eigenvalue weighted by Gasteiger charge is -2.21. The first-order valence-corrected chi connectivity index (χ1v) is 40.8. The van der Waals surface area contributed by atoms with Crippen LogP contribution in [0.1, 0.15) is 381 Å². The Labute approximate surface area is 556 Å². The van der Waals surface area contributed by atoms with Crippen molar-refractivity contribution in [3.05, 3.63) is 0 Å². The number of aliphatic hydroxyl groups excluding tert-OH is 1. The van der Waals surface area contributed by atoms with Crippen LogP contribution in [0.15, 0.2) is 0 Å². The number of aliphatic hydroxyl groups is 1. The van der Waals surface area contributed by atoms with Gasteiger partial charge in [-0.25, -0.2) is 9.13 Å². The van der Waals surface area contributed by atoms with Gasteiger partial charge in [-0.05, 0) is 25.7 Å². The van der Waals surface area contributed by atoms with Crippen molar-refractivity contribution in [3.8, 4) is 0 Å². The third kappa shape index (κ3) is 66.5. The van der Waals surface area contributed by atoms with Gasteiger partial charge in [0.1, 0.15) is 19.3 Å². The van der Waals surface area contributed by atoms with Gasteiger partial charge in [0.05, 0.1) is 26.4 Å². The van der Waals surface area contributed by atoms with Crippen LogP contribution in [-0.2, 0) is 65.4 Å². The Bertz CT molecular complexity index is 1740. The fourth-order valence-corrected chi connectivity index (χ4v) is 12.6. The number of unbranched alkanes of at least 4 members (excludes halogenated alkanes) is 47. The fraction of sp³-hybridized carbons (Fsp3) is 0.944. The summed E-state index contributed by atoms with van der Waals surface area (Å²) < 4.78 is 68.4. The van der Waals surface area contributed by atoms with Crippen LogP contribution in [0.4, 0.5) is 0 Å². The lowest BCUT2D eigenvalue weighted by atomic mass is 10.0. The predicted octanol–water partition coefficient (Wildman–Crippen LogP) is 21.1. The molecule has 0 aliphatic heterocycles. The molecule has 0 heterocycles. The zero-order valence-corrected chi connectivity index (χ0v) is 60.6. The van der Waals surface area contributed by atoms with E-state index in [1.165, 1.54) is 212 Å². The van der Waals surface area contributed by atoms with Crippen LogP contribution in [0, 0.1) is 0 Å². The molecule has 0 saturated carbocycles. The van der Waals surface area contributed by atoms with Crippen LogP contribution in [0.25, 0.3) is 0 Å². The molecule has 540 valence electrons. The molecule has 0 aliphatic rings. The number of carbonyl (C=O) groups is 4. The van der Waals surface area contributed by atoms with E-state index in [1.807, 2.05) is 0 Å². The van der Waals surface area contributed by atoms with Crippen LogP contribution in [-0.4, -0.2) is 96.7 Å². The molecule has 3 N–H and O–H groups in total. The van der Waals surface area contributed by atoms with E-state index in [9.17, 15) is 43.2 Å². The Balaban J connectivity index is 5.23. The van der Waals surface area contributed by atoms with Crippen LogP contribution in [0.5, 0.6) is 0 Å². The van der Waals surface area contributed by atoms with Gasteiger partial charge in [0.25, 0.3) is 0 Å². The number of hydrogen-bond donors (Lipinski definition) is 3. The zero-order valence-electron chi connectivity index (χ0n) is 58.8. The quantitative estimate of drug-likeness (QED) is 0.0222. The minimum absolute atomic E-state index is 0.108. The molecule has 2 unspecified atom stereocenters. The number of carbonyl (C=O) groups excluding carboxylic acids is 4. The van der Waals surface area contributed by atoms with Crippen molar-refractivity contribution in [2.45, 2.75) is 399 Å². The first kappa shape index (κ1) is 89.1. The number of rotatable bonds is 73. The summed E-state index contributed by atoms with van der Waals surface area (Å²) in [6, 6.07) is 0. The van der Waals surface area contributed by atoms with Crippen molar-refractivity contribution in [2.24, 2.45) is 0 Å². The zero-order chi connectivity index (χ0) is 66.8. The SMILES string of the molecule is CCCCCCCCCCCCCCCCCCC(=O)O[C@H](COC(=O)CCCCCCCCCCCCCCC)COP(=O)(O)OC[C@@H](O)COP(=O)(O)OC[C@@H](COC(=O)CCCCCCCCCCC)OC(=O)CCCCCCCCCCCCCCC. The molecule has 0 aromatic rings. The number of phosphoric acid groups is 2. The Morgan fingerprint density at radius 1 is 0.264 bits per heavy atom. The minimum atomic E-state index is -4.95. The second-order valence-corrected chi connectivity index (χ2v) is 28.9. The Hall–Kier alpha value is -1.94. The highest BCUT2D eigenvalue weighted by atomic mass is 31.2. The molecule has 0 spiro atoms. The van der Waals surface area contributed by atoms with Crippen molar-refractivity contribution in [1.82, 2.24) is 0 Å². The molecule has 0 rings (SSSR count). The van der Waals surface area contributed by atoms with Gasteiger partial charge < -0.3 is 33.8 Å². The average molecular weight is 1340 g/mol. The molecular weight excluding hydrogens is 1200 g/mol. The highest BCUT2D eigenvalue weighted by Crippen LogP contribution is 2.45. The van der Waals surface area contributed by atoms with E-state index < -0.39 is 97.5 Å². The minimum Gasteiger partial charge on any atom is -0.462 e. The first-order chi connectivity index (χ1) is 44.2. The first-order valence-electron chi connectivity index (χ1n) is 37.8. The molecule has 0 fully saturated rings. The topological polar surface area (TPSA) is 237 Å². The Morgan fingerprint density at radius 2 is 0.440 bits per heavy atom. The van der Waals surface area contributed by atoms with E-state index in [0.717, 1.165) is 89.9 Å². The molecule has 0 bridgehead atoms. The summed E-state index contributed by atoms with van der Waals surface area (Å²) in [5.41, 5.74) is 0. The molecule has 17 nitrogen and oxygen atoms in total. The van der Waals surface area contributed by atoms with Crippen LogP contribution in [0.2, 0.25) is 0 Å². The van der Waals surface area contributed by atoms with Crippen LogP contribution < -0.4 is 0 Å². The lowest BCUT2D eigenvalue weighted by molar-refractivity contribution is -0.161. The van der Waals surface area contributed by atoms with Gasteiger partial charge in [-0.1, -0.05) is 329 Å². The van der Waals surface area contributed by atoms with E-state index in [4.69, 9.17) is 37.0 Å². The summed E-state index contributed by atoms with van der Waals surface area (Å²) in [4.78, 5) is 72.6. The van der Waals surface area contributed by atoms with Gasteiger partial charge in [0.15, 0.2) is 12.2 Å². The normalized spacial score (nSPS) is 14.0. The number of phosphoric ester groups is 2. The largest absolute Gasteiger partial charge is 0.472 e. The number of ether oxygens (including phenoxy) is 4. The van der Waals surface area contributed by atoms with Crippen molar-refractivity contribution >= 4 is 39.5 Å². The molecule has 91 heavy (non-hydrogen) atoms. The highest BCUT2D eigenvalue weighted by molar-refractivity contribution is 7.47. The van der Waals surface area contributed by atoms with E-state index in [1.54, 1.807) is 0 Å². The maximum absolute atomic E-state index is 13.0. The van der Waals surface area contributed by atoms with Gasteiger partial charge in [-0.2, -0.15) is 0 Å². The lowest BCUT2D eigenvalue weighted by Crippen LogP contribution is -2.30. The Morgan fingerprint density at radius 3 is 0.648 bits per heavy atom. The maximum atomic E-state index is 13.0. The molecule has 5 atom stereocenters. The van der Waals surface area contributed by atoms with E-state index in [2.05, 4.69) is 27.7 Å². The number of esters is 4. The molecular formula is C72H140O17P2. The molecule has 0 amide bonds. The summed E-state index contributed by atoms with van der Waals surface area (Å²) in [5, 5.41) is 10.6. The highest BCUT2D eigenvalue weighted by Gasteiger charge is 2.30. The summed E-state index contributed by atoms with van der Waals surface area (Å²) in [7, 11) is -9.90. The standard InChI is InChI=1S/C72H140O17P2/c1-5-9-13-17-21-25-28-31-32-33-36-39-43-47-51-55-59-72(77)89-68(63-83-70(75)57-53-49-45-41-37-34-29-26-22-18-14-10-6-2)65-87-91(80,81)85-61-66(73)60-84-90(78,79)86-64-67(62-82-69(74)56-52-48-44-40-24-20-16-12-8-4)88-71(76)58-54-50-46-42-38-35-30-27-23-19-15-11-7-3/h66-68,73H,5-65H2,1-4H3,(H,78,79)(H,80,81)/t66-,67+,68+/m0/s1. The van der Waals surface area contributed by atoms with Gasteiger partial charge in [-0.3, -0.25) is 37.3 Å². The monoisotopic (exact) mass is 1340 g/mol. The van der Waals surface area contributed by atoms with Crippen molar-refractivity contribution in [3.63, 3.8) is 0 Å². The van der Waals surface area contributed by atoms with Crippen LogP contribution >= 0.6 is 15.6 Å². The predicted molar refractivity (Wildman–Crippen MR) is 368 cm³/mol. The third-order valence-electron chi connectivity index (χ3n) is 16.9. The molecule has 0 aliphatic carbocycles. The molecule has 0 aromatic carbocycles. The maximum Gasteiger partial charge on any atom is 0.472 e. The van der Waals surface area contributed by atoms with Crippen LogP contribution in [0.3, 0.4) is 0 Å². The third-order valence-corrected chi connectivity index (χ3v) is 18.8. The smallest absolute Gasteiger partial charge is 0.462 e. The van der Waals surface area contributed by atoms with Crippen molar-refractivity contribution < 1.29 is 80.2 Å². The second-order valence-electron chi connectivity index (χ2n) is 26.0. The number of hydrogen-bond acceptors (Lipinski definition) is 15. The van der Waals surface area contributed by atoms with Crippen molar-refractivity contribution in [1.29, 1.82) is 0 Å².